The molecule has 2 aliphatic heterocycles. The summed E-state index contributed by atoms with van der Waals surface area (Å²) in [6.45, 7) is 1.88. The number of fused-ring (bicyclic) bond motifs is 3. The maximum Gasteiger partial charge on any atom is 0.252 e. The van der Waals surface area contributed by atoms with Gasteiger partial charge in [-0.05, 0) is 18.5 Å². The first-order valence-corrected chi connectivity index (χ1v) is 5.79. The number of nitrogens with two attached hydrogens (primary N) is 1. The van der Waals surface area contributed by atoms with Crippen LogP contribution in [-0.2, 0) is 24.2 Å². The van der Waals surface area contributed by atoms with Crippen LogP contribution in [0, 0.1) is 0 Å². The van der Waals surface area contributed by atoms with Gasteiger partial charge in [-0.2, -0.15) is 4.99 Å². The highest BCUT2D eigenvalue weighted by Gasteiger charge is 2.26. The van der Waals surface area contributed by atoms with Crippen LogP contribution in [0.15, 0.2) is 4.99 Å². The van der Waals surface area contributed by atoms with Crippen LogP contribution < -0.4 is 11.1 Å². The molecule has 0 fully saturated rings. The van der Waals surface area contributed by atoms with Crippen molar-refractivity contribution in [1.29, 1.82) is 0 Å². The van der Waals surface area contributed by atoms with Gasteiger partial charge in [0.25, 0.3) is 5.91 Å². The molecule has 3 N–H and O–H groups in total. The first kappa shape index (κ1) is 9.06. The topological polar surface area (TPSA) is 67.5 Å². The van der Waals surface area contributed by atoms with Crippen molar-refractivity contribution >= 4 is 23.1 Å². The molecule has 2 aliphatic rings. The lowest BCUT2D eigenvalue weighted by atomic mass is 9.99. The molecule has 5 heteroatoms. The molecule has 0 spiro atoms. The first-order valence-electron chi connectivity index (χ1n) is 4.97. The summed E-state index contributed by atoms with van der Waals surface area (Å²) < 4.78 is 0. The van der Waals surface area contributed by atoms with E-state index in [2.05, 4.69) is 10.3 Å². The SMILES string of the molecule is NC1=NC(=O)Cc2sc3c(c21)CCNC3. The molecular weight excluding hydrogens is 210 g/mol. The molecule has 4 nitrogen and oxygen atoms in total. The summed E-state index contributed by atoms with van der Waals surface area (Å²) in [6.07, 6.45) is 1.42. The molecule has 0 unspecified atom stereocenters. The summed E-state index contributed by atoms with van der Waals surface area (Å²) in [4.78, 5) is 17.5. The van der Waals surface area contributed by atoms with Gasteiger partial charge in [-0.15, -0.1) is 11.3 Å². The van der Waals surface area contributed by atoms with Gasteiger partial charge in [0.2, 0.25) is 0 Å². The molecule has 0 saturated carbocycles. The maximum atomic E-state index is 11.3. The minimum absolute atomic E-state index is 0.119. The van der Waals surface area contributed by atoms with Crippen molar-refractivity contribution in [3.05, 3.63) is 20.9 Å². The van der Waals surface area contributed by atoms with Crippen LogP contribution in [-0.4, -0.2) is 18.3 Å². The Morgan fingerprint density at radius 3 is 3.13 bits per heavy atom. The molecule has 0 atom stereocenters. The molecule has 0 aromatic carbocycles. The number of nitrogens with one attached hydrogen (secondary N) is 1. The minimum atomic E-state index is -0.119. The van der Waals surface area contributed by atoms with E-state index in [0.29, 0.717) is 12.3 Å². The monoisotopic (exact) mass is 221 g/mol. The molecule has 1 aromatic heterocycles. The second kappa shape index (κ2) is 3.15. The lowest BCUT2D eigenvalue weighted by Gasteiger charge is -2.15. The van der Waals surface area contributed by atoms with Gasteiger partial charge in [0.1, 0.15) is 5.84 Å². The Bertz CT molecular complexity index is 475. The third kappa shape index (κ3) is 1.31. The number of amidine groups is 1. The number of nitrogens with zero attached hydrogens (tertiary/aromatic N) is 1. The fourth-order valence-electron chi connectivity index (χ4n) is 2.18. The number of hydrogen-bond acceptors (Lipinski definition) is 4. The molecule has 3 heterocycles. The van der Waals surface area contributed by atoms with Crippen molar-refractivity contribution in [2.24, 2.45) is 10.7 Å². The fourth-order valence-corrected chi connectivity index (χ4v) is 3.51. The second-order valence-corrected chi connectivity index (χ2v) is 4.99. The Morgan fingerprint density at radius 1 is 1.40 bits per heavy atom. The standard InChI is InChI=1S/C10H11N3OS/c11-10-9-5-1-2-12-4-7(5)15-6(9)3-8(14)13-10/h12H,1-4H2,(H2,11,13,14). The predicted molar refractivity (Wildman–Crippen MR) is 59.2 cm³/mol. The highest BCUT2D eigenvalue weighted by Crippen LogP contribution is 2.33. The lowest BCUT2D eigenvalue weighted by Crippen LogP contribution is -2.27. The molecule has 15 heavy (non-hydrogen) atoms. The molecule has 0 radical (unpaired) electrons. The number of carbonyl (C=O) groups excluding carboxylic acids is 1. The van der Waals surface area contributed by atoms with Gasteiger partial charge in [-0.1, -0.05) is 0 Å². The van der Waals surface area contributed by atoms with Crippen molar-refractivity contribution in [1.82, 2.24) is 5.32 Å². The number of amides is 1. The van der Waals surface area contributed by atoms with Crippen molar-refractivity contribution in [2.45, 2.75) is 19.4 Å². The second-order valence-electron chi connectivity index (χ2n) is 3.80. The van der Waals surface area contributed by atoms with E-state index in [4.69, 9.17) is 5.73 Å². The highest BCUT2D eigenvalue weighted by atomic mass is 32.1. The quantitative estimate of drug-likeness (QED) is 0.657. The summed E-state index contributed by atoms with van der Waals surface area (Å²) >= 11 is 1.70. The van der Waals surface area contributed by atoms with Crippen LogP contribution in [0.3, 0.4) is 0 Å². The largest absolute Gasteiger partial charge is 0.383 e. The molecule has 3 rings (SSSR count). The zero-order valence-corrected chi connectivity index (χ0v) is 8.99. The Balaban J connectivity index is 2.19. The van der Waals surface area contributed by atoms with Crippen LogP contribution >= 0.6 is 11.3 Å². The molecule has 1 aromatic rings. The van der Waals surface area contributed by atoms with Crippen LogP contribution in [0.1, 0.15) is 20.9 Å². The van der Waals surface area contributed by atoms with E-state index >= 15 is 0 Å². The average molecular weight is 221 g/mol. The molecule has 1 amide bonds. The Morgan fingerprint density at radius 2 is 2.27 bits per heavy atom. The van der Waals surface area contributed by atoms with Crippen molar-refractivity contribution in [3.8, 4) is 0 Å². The zero-order valence-electron chi connectivity index (χ0n) is 8.17. The number of carbonyl (C=O) groups is 1. The van der Waals surface area contributed by atoms with Gasteiger partial charge in [-0.3, -0.25) is 4.79 Å². The number of thiophene rings is 1. The summed E-state index contributed by atoms with van der Waals surface area (Å²) in [5.41, 5.74) is 8.18. The molecule has 78 valence electrons. The van der Waals surface area contributed by atoms with E-state index < -0.39 is 0 Å². The predicted octanol–water partition coefficient (Wildman–Crippen LogP) is 0.182. The van der Waals surface area contributed by atoms with Crippen LogP contribution in [0.25, 0.3) is 0 Å². The molecular formula is C10H11N3OS. The van der Waals surface area contributed by atoms with Gasteiger partial charge >= 0.3 is 0 Å². The highest BCUT2D eigenvalue weighted by molar-refractivity contribution is 7.12. The van der Waals surface area contributed by atoms with Crippen molar-refractivity contribution in [2.75, 3.05) is 6.54 Å². The van der Waals surface area contributed by atoms with Gasteiger partial charge in [0.15, 0.2) is 0 Å². The van der Waals surface area contributed by atoms with Gasteiger partial charge in [-0.25, -0.2) is 0 Å². The van der Waals surface area contributed by atoms with Crippen LogP contribution in [0.5, 0.6) is 0 Å². The third-order valence-electron chi connectivity index (χ3n) is 2.81. The van der Waals surface area contributed by atoms with Crippen LogP contribution in [0.4, 0.5) is 0 Å². The number of rotatable bonds is 0. The maximum absolute atomic E-state index is 11.3. The number of hydrogen-bond donors (Lipinski definition) is 2. The number of aliphatic imine (C=N–C) groups is 1. The Labute approximate surface area is 91.2 Å². The van der Waals surface area contributed by atoms with E-state index in [0.717, 1.165) is 30.0 Å². The third-order valence-corrected chi connectivity index (χ3v) is 4.05. The molecule has 0 saturated heterocycles. The van der Waals surface area contributed by atoms with Crippen molar-refractivity contribution in [3.63, 3.8) is 0 Å². The summed E-state index contributed by atoms with van der Waals surface area (Å²) in [7, 11) is 0. The first-order chi connectivity index (χ1) is 7.25. The summed E-state index contributed by atoms with van der Waals surface area (Å²) in [6, 6.07) is 0. The summed E-state index contributed by atoms with van der Waals surface area (Å²) in [5, 5.41) is 3.32. The van der Waals surface area contributed by atoms with Gasteiger partial charge in [0.05, 0.1) is 6.42 Å². The van der Waals surface area contributed by atoms with E-state index in [1.54, 1.807) is 11.3 Å². The van der Waals surface area contributed by atoms with Gasteiger partial charge < -0.3 is 11.1 Å². The molecule has 0 aliphatic carbocycles. The average Bonchev–Trinajstić information content (AvgIpc) is 2.54. The van der Waals surface area contributed by atoms with Crippen LogP contribution in [0.2, 0.25) is 0 Å². The van der Waals surface area contributed by atoms with E-state index in [1.807, 2.05) is 0 Å². The smallest absolute Gasteiger partial charge is 0.252 e. The fraction of sp³-hybridized carbons (Fsp3) is 0.400. The van der Waals surface area contributed by atoms with E-state index in [1.165, 1.54) is 10.4 Å². The van der Waals surface area contributed by atoms with E-state index in [9.17, 15) is 4.79 Å². The Kier molecular flexibility index (Phi) is 1.90. The normalized spacial score (nSPS) is 19.5. The minimum Gasteiger partial charge on any atom is -0.383 e. The summed E-state index contributed by atoms with van der Waals surface area (Å²) in [5.74, 6) is 0.298. The molecule has 0 bridgehead atoms. The zero-order chi connectivity index (χ0) is 10.4. The van der Waals surface area contributed by atoms with Crippen molar-refractivity contribution < 1.29 is 4.79 Å². The lowest BCUT2D eigenvalue weighted by molar-refractivity contribution is -0.117. The Hall–Kier alpha value is -1.20. The van der Waals surface area contributed by atoms with E-state index in [-0.39, 0.29) is 5.91 Å². The van der Waals surface area contributed by atoms with Gasteiger partial charge in [0, 0.05) is 21.9 Å².